The van der Waals surface area contributed by atoms with Crippen LogP contribution in [0.25, 0.3) is 11.1 Å². The summed E-state index contributed by atoms with van der Waals surface area (Å²) in [5.74, 6) is 0. The second-order valence-corrected chi connectivity index (χ2v) is 5.97. The molecule has 6 heteroatoms. The molecule has 0 spiro atoms. The summed E-state index contributed by atoms with van der Waals surface area (Å²) in [5, 5.41) is 3.11. The van der Waals surface area contributed by atoms with Gasteiger partial charge in [0, 0.05) is 17.6 Å². The van der Waals surface area contributed by atoms with E-state index < -0.39 is 0 Å². The largest absolute Gasteiger partial charge is 0.423 e. The van der Waals surface area contributed by atoms with E-state index in [9.17, 15) is 0 Å². The van der Waals surface area contributed by atoms with Crippen molar-refractivity contribution in [3.8, 4) is 0 Å². The van der Waals surface area contributed by atoms with Gasteiger partial charge >= 0.3 is 0 Å². The molecule has 21 heavy (non-hydrogen) atoms. The SMILES string of the molecule is Cc1csc(C2COCCN2c2nc3ccccc3o2)n1. The van der Waals surface area contributed by atoms with Crippen molar-refractivity contribution >= 4 is 28.5 Å². The average Bonchev–Trinajstić information content (AvgIpc) is 3.13. The Morgan fingerprint density at radius 3 is 3.00 bits per heavy atom. The highest BCUT2D eigenvalue weighted by molar-refractivity contribution is 7.09. The maximum Gasteiger partial charge on any atom is 0.299 e. The summed E-state index contributed by atoms with van der Waals surface area (Å²) in [4.78, 5) is 11.3. The summed E-state index contributed by atoms with van der Waals surface area (Å²) >= 11 is 1.66. The summed E-state index contributed by atoms with van der Waals surface area (Å²) in [7, 11) is 0. The first-order valence-electron chi connectivity index (χ1n) is 6.93. The van der Waals surface area contributed by atoms with E-state index in [1.165, 1.54) is 0 Å². The predicted octanol–water partition coefficient (Wildman–Crippen LogP) is 3.17. The number of nitrogens with zero attached hydrogens (tertiary/aromatic N) is 3. The van der Waals surface area contributed by atoms with Crippen LogP contribution in [-0.2, 0) is 4.74 Å². The topological polar surface area (TPSA) is 51.4 Å². The average molecular weight is 301 g/mol. The lowest BCUT2D eigenvalue weighted by Crippen LogP contribution is -2.39. The molecule has 0 saturated carbocycles. The van der Waals surface area contributed by atoms with Crippen LogP contribution in [0.4, 0.5) is 6.01 Å². The first-order valence-corrected chi connectivity index (χ1v) is 7.81. The smallest absolute Gasteiger partial charge is 0.299 e. The summed E-state index contributed by atoms with van der Waals surface area (Å²) < 4.78 is 11.5. The van der Waals surface area contributed by atoms with E-state index in [4.69, 9.17) is 9.15 Å². The second-order valence-electron chi connectivity index (χ2n) is 5.08. The highest BCUT2D eigenvalue weighted by Crippen LogP contribution is 2.32. The van der Waals surface area contributed by atoms with Crippen molar-refractivity contribution in [2.24, 2.45) is 0 Å². The molecule has 1 aliphatic heterocycles. The van der Waals surface area contributed by atoms with E-state index in [1.54, 1.807) is 11.3 Å². The van der Waals surface area contributed by atoms with Gasteiger partial charge in [0.05, 0.1) is 13.2 Å². The fourth-order valence-corrected chi connectivity index (χ4v) is 3.44. The van der Waals surface area contributed by atoms with Crippen molar-refractivity contribution in [1.82, 2.24) is 9.97 Å². The lowest BCUT2D eigenvalue weighted by atomic mass is 10.2. The van der Waals surface area contributed by atoms with Crippen LogP contribution in [0.3, 0.4) is 0 Å². The molecule has 3 heterocycles. The second kappa shape index (κ2) is 5.13. The molecule has 1 aliphatic rings. The Morgan fingerprint density at radius 1 is 1.29 bits per heavy atom. The van der Waals surface area contributed by atoms with Crippen molar-refractivity contribution in [1.29, 1.82) is 0 Å². The molecule has 4 rings (SSSR count). The van der Waals surface area contributed by atoms with Gasteiger partial charge in [-0.25, -0.2) is 4.98 Å². The third kappa shape index (κ3) is 2.30. The number of hydrogen-bond donors (Lipinski definition) is 0. The van der Waals surface area contributed by atoms with Crippen molar-refractivity contribution in [3.63, 3.8) is 0 Å². The molecule has 0 aliphatic carbocycles. The van der Waals surface area contributed by atoms with E-state index in [0.29, 0.717) is 19.2 Å². The van der Waals surface area contributed by atoms with E-state index in [-0.39, 0.29) is 6.04 Å². The van der Waals surface area contributed by atoms with Crippen LogP contribution in [0.2, 0.25) is 0 Å². The Balaban J connectivity index is 1.73. The number of para-hydroxylation sites is 2. The number of thiazole rings is 1. The molecule has 5 nitrogen and oxygen atoms in total. The maximum atomic E-state index is 5.90. The van der Waals surface area contributed by atoms with E-state index >= 15 is 0 Å². The van der Waals surface area contributed by atoms with Gasteiger partial charge in [-0.1, -0.05) is 12.1 Å². The van der Waals surface area contributed by atoms with Crippen molar-refractivity contribution in [2.45, 2.75) is 13.0 Å². The monoisotopic (exact) mass is 301 g/mol. The number of fused-ring (bicyclic) bond motifs is 1. The number of oxazole rings is 1. The Bertz CT molecular complexity index is 734. The lowest BCUT2D eigenvalue weighted by Gasteiger charge is -2.33. The van der Waals surface area contributed by atoms with Crippen molar-refractivity contribution in [2.75, 3.05) is 24.7 Å². The van der Waals surface area contributed by atoms with Crippen LogP contribution < -0.4 is 4.90 Å². The Hall–Kier alpha value is -1.92. The number of aryl methyl sites for hydroxylation is 1. The van der Waals surface area contributed by atoms with E-state index in [2.05, 4.69) is 20.2 Å². The molecule has 1 saturated heterocycles. The maximum absolute atomic E-state index is 5.90. The zero-order valence-electron chi connectivity index (χ0n) is 11.7. The number of rotatable bonds is 2. The molecular formula is C15H15N3O2S. The third-order valence-corrected chi connectivity index (χ3v) is 4.64. The van der Waals surface area contributed by atoms with Crippen molar-refractivity contribution in [3.05, 3.63) is 40.3 Å². The van der Waals surface area contributed by atoms with Crippen LogP contribution in [0.15, 0.2) is 34.1 Å². The minimum Gasteiger partial charge on any atom is -0.423 e. The summed E-state index contributed by atoms with van der Waals surface area (Å²) in [6, 6.07) is 8.55. The molecule has 3 aromatic rings. The van der Waals surface area contributed by atoms with Crippen LogP contribution in [0, 0.1) is 6.92 Å². The Morgan fingerprint density at radius 2 is 2.19 bits per heavy atom. The van der Waals surface area contributed by atoms with Gasteiger partial charge in [-0.05, 0) is 19.1 Å². The predicted molar refractivity (Wildman–Crippen MR) is 81.8 cm³/mol. The minimum atomic E-state index is 0.0745. The number of ether oxygens (including phenoxy) is 1. The van der Waals surface area contributed by atoms with Gasteiger partial charge < -0.3 is 14.1 Å². The van der Waals surface area contributed by atoms with Crippen LogP contribution in [0.5, 0.6) is 0 Å². The number of morpholine rings is 1. The molecule has 0 amide bonds. The molecule has 0 radical (unpaired) electrons. The van der Waals surface area contributed by atoms with Gasteiger partial charge in [-0.2, -0.15) is 4.98 Å². The van der Waals surface area contributed by atoms with Gasteiger partial charge in [0.15, 0.2) is 5.58 Å². The Labute approximate surface area is 126 Å². The summed E-state index contributed by atoms with van der Waals surface area (Å²) in [5.41, 5.74) is 2.74. The molecule has 0 N–H and O–H groups in total. The lowest BCUT2D eigenvalue weighted by molar-refractivity contribution is 0.0913. The summed E-state index contributed by atoms with van der Waals surface area (Å²) in [6.07, 6.45) is 0. The standard InChI is InChI=1S/C15H15N3O2S/c1-10-9-21-14(16-10)12-8-19-7-6-18(12)15-17-11-4-2-3-5-13(11)20-15/h2-5,9,12H,6-8H2,1H3. The number of anilines is 1. The molecular weight excluding hydrogens is 286 g/mol. The molecule has 1 atom stereocenters. The zero-order valence-corrected chi connectivity index (χ0v) is 12.5. The molecule has 2 aromatic heterocycles. The zero-order chi connectivity index (χ0) is 14.2. The normalized spacial score (nSPS) is 19.3. The van der Waals surface area contributed by atoms with Gasteiger partial charge in [0.25, 0.3) is 6.01 Å². The van der Waals surface area contributed by atoms with E-state index in [1.807, 2.05) is 31.2 Å². The molecule has 0 bridgehead atoms. The van der Waals surface area contributed by atoms with Crippen LogP contribution >= 0.6 is 11.3 Å². The highest BCUT2D eigenvalue weighted by Gasteiger charge is 2.30. The van der Waals surface area contributed by atoms with Gasteiger partial charge in [0.2, 0.25) is 0 Å². The fraction of sp³-hybridized carbons (Fsp3) is 0.333. The van der Waals surface area contributed by atoms with Gasteiger partial charge in [0.1, 0.15) is 16.6 Å². The first kappa shape index (κ1) is 12.8. The molecule has 1 fully saturated rings. The third-order valence-electron chi connectivity index (χ3n) is 3.58. The quantitative estimate of drug-likeness (QED) is 0.727. The first-order chi connectivity index (χ1) is 10.3. The molecule has 1 unspecified atom stereocenters. The minimum absolute atomic E-state index is 0.0745. The molecule has 108 valence electrons. The van der Waals surface area contributed by atoms with E-state index in [0.717, 1.165) is 28.3 Å². The van der Waals surface area contributed by atoms with Crippen LogP contribution in [0.1, 0.15) is 16.7 Å². The number of benzene rings is 1. The van der Waals surface area contributed by atoms with Crippen LogP contribution in [-0.4, -0.2) is 29.7 Å². The summed E-state index contributed by atoms with van der Waals surface area (Å²) in [6.45, 7) is 4.06. The van der Waals surface area contributed by atoms with Crippen molar-refractivity contribution < 1.29 is 9.15 Å². The highest BCUT2D eigenvalue weighted by atomic mass is 32.1. The van der Waals surface area contributed by atoms with Gasteiger partial charge in [-0.3, -0.25) is 0 Å². The molecule has 1 aromatic carbocycles. The Kier molecular flexibility index (Phi) is 3.12. The fourth-order valence-electron chi connectivity index (χ4n) is 2.55. The number of hydrogen-bond acceptors (Lipinski definition) is 6. The van der Waals surface area contributed by atoms with Gasteiger partial charge in [-0.15, -0.1) is 11.3 Å². The number of aromatic nitrogens is 2.